The van der Waals surface area contributed by atoms with E-state index >= 15 is 0 Å². The van der Waals surface area contributed by atoms with Crippen LogP contribution >= 0.6 is 0 Å². The van der Waals surface area contributed by atoms with Crippen LogP contribution in [0.2, 0.25) is 32.7 Å². The number of hydrogen-bond acceptors (Lipinski definition) is 19. The summed E-state index contributed by atoms with van der Waals surface area (Å²) >= 11 is 0. The highest BCUT2D eigenvalue weighted by atomic mass is 28.6. The van der Waals surface area contributed by atoms with Crippen LogP contribution in [0.15, 0.2) is 0 Å². The lowest BCUT2D eigenvalue weighted by molar-refractivity contribution is -0.0130. The molecule has 43 heavy (non-hydrogen) atoms. The van der Waals surface area contributed by atoms with Crippen molar-refractivity contribution in [3.63, 3.8) is 0 Å². The largest absolute Gasteiger partial charge is 0.671 e. The van der Waals surface area contributed by atoms with E-state index in [0.29, 0.717) is 0 Å². The van der Waals surface area contributed by atoms with Crippen molar-refractivity contribution in [1.29, 1.82) is 0 Å². The molecule has 0 aliphatic carbocycles. The molecule has 0 bridgehead atoms. The van der Waals surface area contributed by atoms with Gasteiger partial charge in [-0.1, -0.05) is 0 Å². The zero-order valence-corrected chi connectivity index (χ0v) is 35.8. The van der Waals surface area contributed by atoms with Crippen LogP contribution in [-0.2, 0) is 81.6 Å². The van der Waals surface area contributed by atoms with Gasteiger partial charge in [-0.3, -0.25) is 0 Å². The molecule has 1 saturated heterocycles. The van der Waals surface area contributed by atoms with E-state index in [0.717, 1.165) is 0 Å². The Morgan fingerprint density at radius 2 is 0.512 bits per heavy atom. The van der Waals surface area contributed by atoms with Crippen LogP contribution < -0.4 is 0 Å². The molecule has 1 heterocycles. The Morgan fingerprint density at radius 3 is 0.674 bits per heavy atom. The molecule has 19 nitrogen and oxygen atoms in total. The summed E-state index contributed by atoms with van der Waals surface area (Å²) in [5, 5.41) is 0. The Balaban J connectivity index is 3.99. The molecule has 1 aliphatic heterocycles. The van der Waals surface area contributed by atoms with Gasteiger partial charge in [0.05, 0.1) is 0 Å². The molecule has 0 radical (unpaired) electrons. The van der Waals surface area contributed by atoms with E-state index in [1.807, 2.05) is 0 Å². The third kappa shape index (κ3) is 10.7. The fraction of sp³-hybridized carbons (Fsp3) is 1.00. The molecule has 0 aromatic rings. The van der Waals surface area contributed by atoms with Gasteiger partial charge in [0.15, 0.2) is 0 Å². The molecule has 0 N–H and O–H groups in total. The third-order valence-electron chi connectivity index (χ3n) is 5.78. The zero-order valence-electron chi connectivity index (χ0n) is 27.8. The Kier molecular flexibility index (Phi) is 16.0. The average Bonchev–Trinajstić information content (AvgIpc) is 2.96. The summed E-state index contributed by atoms with van der Waals surface area (Å²) in [5.41, 5.74) is 0. The molecular weight excluding hydrogens is 721 g/mol. The topological polar surface area (TPSA) is 175 Å². The van der Waals surface area contributed by atoms with E-state index in [1.165, 1.54) is 84.8 Å². The van der Waals surface area contributed by atoms with Gasteiger partial charge in [-0.15, -0.1) is 0 Å². The van der Waals surface area contributed by atoms with E-state index in [9.17, 15) is 0 Å². The minimum atomic E-state index is -4.17. The van der Waals surface area contributed by atoms with E-state index in [1.54, 1.807) is 26.2 Å². The molecule has 2 atom stereocenters. The number of hydrogen-bond donors (Lipinski definition) is 0. The summed E-state index contributed by atoms with van der Waals surface area (Å²) in [6.07, 6.45) is 0. The molecule has 0 saturated carbocycles. The predicted molar refractivity (Wildman–Crippen MR) is 161 cm³/mol. The van der Waals surface area contributed by atoms with Crippen LogP contribution in [0.25, 0.3) is 0 Å². The summed E-state index contributed by atoms with van der Waals surface area (Å²) in [6.45, 7) is 7.83. The first-order chi connectivity index (χ1) is 19.8. The quantitative estimate of drug-likeness (QED) is 0.165. The van der Waals surface area contributed by atoms with Gasteiger partial charge < -0.3 is 81.6 Å². The lowest BCUT2D eigenvalue weighted by Crippen LogP contribution is -2.76. The Labute approximate surface area is 263 Å². The van der Waals surface area contributed by atoms with Crippen molar-refractivity contribution in [2.45, 2.75) is 32.7 Å². The Hall–Kier alpha value is 0.975. The molecule has 0 spiro atoms. The van der Waals surface area contributed by atoms with E-state index in [-0.39, 0.29) is 0 Å². The molecule has 1 aliphatic rings. The third-order valence-corrected chi connectivity index (χ3v) is 34.0. The van der Waals surface area contributed by atoms with Gasteiger partial charge in [-0.2, -0.15) is 0 Å². The predicted octanol–water partition coefficient (Wildman–Crippen LogP) is 0.394. The van der Waals surface area contributed by atoms with Crippen molar-refractivity contribution >= 4 is 71.2 Å². The lowest BCUT2D eigenvalue weighted by atomic mass is 11.8. The molecule has 0 amide bonds. The van der Waals surface area contributed by atoms with Crippen molar-refractivity contribution < 1.29 is 81.6 Å². The first kappa shape index (κ1) is 42.0. The minimum absolute atomic E-state index is 1.35. The zero-order chi connectivity index (χ0) is 33.4. The molecule has 2 unspecified atom stereocenters. The highest BCUT2D eigenvalue weighted by Crippen LogP contribution is 2.38. The first-order valence-corrected chi connectivity index (χ1v) is 28.5. The van der Waals surface area contributed by atoms with Crippen LogP contribution in [0.5, 0.6) is 0 Å². The first-order valence-electron chi connectivity index (χ1n) is 12.5. The summed E-state index contributed by atoms with van der Waals surface area (Å²) in [6, 6.07) is 0. The smallest absolute Gasteiger partial charge is 0.377 e. The maximum Gasteiger partial charge on any atom is 0.671 e. The van der Waals surface area contributed by atoms with Crippen LogP contribution in [0, 0.1) is 0 Å². The van der Waals surface area contributed by atoms with Gasteiger partial charge in [-0.25, -0.2) is 0 Å². The summed E-state index contributed by atoms with van der Waals surface area (Å²) in [4.78, 5) is 0. The maximum absolute atomic E-state index is 6.62. The molecule has 1 rings (SSSR count). The fourth-order valence-electron chi connectivity index (χ4n) is 3.91. The molecule has 0 aromatic heterocycles. The normalized spacial score (nSPS) is 29.9. The summed E-state index contributed by atoms with van der Waals surface area (Å²) in [5.74, 6) is 0. The van der Waals surface area contributed by atoms with Crippen molar-refractivity contribution in [3.8, 4) is 0 Å². The second-order valence-corrected chi connectivity index (χ2v) is 31.5. The Morgan fingerprint density at radius 1 is 0.326 bits per heavy atom. The van der Waals surface area contributed by atoms with Crippen molar-refractivity contribution in [2.75, 3.05) is 78.2 Å². The molecular formula is C16H48O19Si8. The van der Waals surface area contributed by atoms with Crippen molar-refractivity contribution in [2.24, 2.45) is 0 Å². The Bertz CT molecular complexity index is 785. The SMILES string of the molecule is CO[Si](C)(OC)O[Si]1(C)O[Si](C)(O[Si](OC)(OC)OC)O[Si](C)(O[Si](OC)(OC)OC)O[Si](C)(O[Si](OC)(OC)OC)O1. The van der Waals surface area contributed by atoms with E-state index in [4.69, 9.17) is 81.6 Å². The van der Waals surface area contributed by atoms with Gasteiger partial charge in [0.25, 0.3) is 0 Å². The van der Waals surface area contributed by atoms with Crippen LogP contribution in [0.4, 0.5) is 0 Å². The van der Waals surface area contributed by atoms with Crippen LogP contribution in [0.1, 0.15) is 0 Å². The minimum Gasteiger partial charge on any atom is -0.377 e. The second-order valence-electron chi connectivity index (χ2n) is 8.87. The molecule has 0 aromatic carbocycles. The maximum atomic E-state index is 6.62. The van der Waals surface area contributed by atoms with Gasteiger partial charge >= 0.3 is 71.2 Å². The average molecular weight is 769 g/mol. The standard InChI is InChI=1S/C16H48O19Si8/c1-17-36(12,18-2)28-37(13)29-38(14,33-41(19-3,20-4)21-5)31-40(16,35-43(25-9,26-10)27-11)32-39(15,30-37)34-42(22-6,23-7)24-8/h1-16H3. The summed E-state index contributed by atoms with van der Waals surface area (Å²) < 4.78 is 113. The monoisotopic (exact) mass is 768 g/mol. The number of rotatable bonds is 19. The molecule has 258 valence electrons. The van der Waals surface area contributed by atoms with Gasteiger partial charge in [0.1, 0.15) is 0 Å². The van der Waals surface area contributed by atoms with E-state index < -0.39 is 71.2 Å². The van der Waals surface area contributed by atoms with Gasteiger partial charge in [-0.05, 0) is 0 Å². The van der Waals surface area contributed by atoms with Crippen molar-refractivity contribution in [3.05, 3.63) is 0 Å². The highest BCUT2D eigenvalue weighted by molar-refractivity contribution is 6.93. The molecule has 1 fully saturated rings. The summed E-state index contributed by atoms with van der Waals surface area (Å²) in [7, 11) is -16.4. The highest BCUT2D eigenvalue weighted by Gasteiger charge is 2.70. The van der Waals surface area contributed by atoms with Crippen molar-refractivity contribution in [1.82, 2.24) is 0 Å². The van der Waals surface area contributed by atoms with Gasteiger partial charge in [0, 0.05) is 111 Å². The molecule has 27 heteroatoms. The van der Waals surface area contributed by atoms with Crippen LogP contribution in [0.3, 0.4) is 0 Å². The second kappa shape index (κ2) is 16.4. The van der Waals surface area contributed by atoms with Gasteiger partial charge in [0.2, 0.25) is 0 Å². The lowest BCUT2D eigenvalue weighted by Gasteiger charge is -2.49. The van der Waals surface area contributed by atoms with Crippen LogP contribution in [-0.4, -0.2) is 149 Å². The fourth-order valence-corrected chi connectivity index (χ4v) is 34.7. The van der Waals surface area contributed by atoms with E-state index in [2.05, 4.69) is 0 Å².